The van der Waals surface area contributed by atoms with E-state index < -0.39 is 5.82 Å². The highest BCUT2D eigenvalue weighted by molar-refractivity contribution is 9.10. The van der Waals surface area contributed by atoms with E-state index in [2.05, 4.69) is 15.9 Å². The summed E-state index contributed by atoms with van der Waals surface area (Å²) in [5, 5.41) is 0. The Labute approximate surface area is 120 Å². The predicted molar refractivity (Wildman–Crippen MR) is 78.2 cm³/mol. The van der Waals surface area contributed by atoms with Gasteiger partial charge < -0.3 is 0 Å². The second-order valence-corrected chi connectivity index (χ2v) is 5.62. The third kappa shape index (κ3) is 2.76. The van der Waals surface area contributed by atoms with Crippen molar-refractivity contribution in [2.24, 2.45) is 0 Å². The number of carbonyl (C=O) groups is 1. The minimum Gasteiger partial charge on any atom is -0.288 e. The number of aryl methyl sites for hydroxylation is 3. The summed E-state index contributed by atoms with van der Waals surface area (Å²) in [6.07, 6.45) is 0. The molecule has 0 aliphatic heterocycles. The van der Waals surface area contributed by atoms with Crippen LogP contribution in [0.25, 0.3) is 0 Å². The Morgan fingerprint density at radius 1 is 0.947 bits per heavy atom. The topological polar surface area (TPSA) is 17.1 Å². The van der Waals surface area contributed by atoms with Crippen molar-refractivity contribution < 1.29 is 9.18 Å². The van der Waals surface area contributed by atoms with E-state index >= 15 is 0 Å². The molecule has 98 valence electrons. The summed E-state index contributed by atoms with van der Waals surface area (Å²) in [4.78, 5) is 12.4. The van der Waals surface area contributed by atoms with Gasteiger partial charge in [0.1, 0.15) is 5.82 Å². The van der Waals surface area contributed by atoms with Crippen LogP contribution in [-0.2, 0) is 0 Å². The summed E-state index contributed by atoms with van der Waals surface area (Å²) in [5.74, 6) is -0.773. The van der Waals surface area contributed by atoms with Crippen molar-refractivity contribution in [3.8, 4) is 0 Å². The molecule has 2 rings (SSSR count). The van der Waals surface area contributed by atoms with Gasteiger partial charge in [0, 0.05) is 10.0 Å². The zero-order chi connectivity index (χ0) is 14.2. The highest BCUT2D eigenvalue weighted by Crippen LogP contribution is 2.22. The molecule has 0 amide bonds. The van der Waals surface area contributed by atoms with E-state index in [1.807, 2.05) is 32.9 Å². The number of hydrogen-bond acceptors (Lipinski definition) is 1. The van der Waals surface area contributed by atoms with Gasteiger partial charge in [0.2, 0.25) is 0 Å². The van der Waals surface area contributed by atoms with E-state index in [4.69, 9.17) is 0 Å². The maximum absolute atomic E-state index is 13.8. The van der Waals surface area contributed by atoms with Gasteiger partial charge in [-0.05, 0) is 61.7 Å². The van der Waals surface area contributed by atoms with Gasteiger partial charge in [-0.15, -0.1) is 0 Å². The van der Waals surface area contributed by atoms with Gasteiger partial charge in [0.05, 0.1) is 5.56 Å². The lowest BCUT2D eigenvalue weighted by Gasteiger charge is -2.10. The summed E-state index contributed by atoms with van der Waals surface area (Å²) in [6, 6.07) is 8.19. The van der Waals surface area contributed by atoms with E-state index in [0.29, 0.717) is 10.0 Å². The molecule has 0 unspecified atom stereocenters. The first-order chi connectivity index (χ1) is 8.90. The molecule has 0 fully saturated rings. The van der Waals surface area contributed by atoms with Crippen LogP contribution in [0.4, 0.5) is 4.39 Å². The molecule has 0 spiro atoms. The lowest BCUT2D eigenvalue weighted by molar-refractivity contribution is 0.103. The molecule has 0 bridgehead atoms. The van der Waals surface area contributed by atoms with Crippen molar-refractivity contribution in [1.82, 2.24) is 0 Å². The van der Waals surface area contributed by atoms with Crippen LogP contribution in [-0.4, -0.2) is 5.78 Å². The van der Waals surface area contributed by atoms with Crippen LogP contribution in [0, 0.1) is 26.6 Å². The largest absolute Gasteiger partial charge is 0.288 e. The lowest BCUT2D eigenvalue weighted by Crippen LogP contribution is -2.07. The first-order valence-corrected chi connectivity index (χ1v) is 6.77. The quantitative estimate of drug-likeness (QED) is 0.730. The normalized spacial score (nSPS) is 10.6. The predicted octanol–water partition coefficient (Wildman–Crippen LogP) is 4.74. The number of hydrogen-bond donors (Lipinski definition) is 0. The van der Waals surface area contributed by atoms with E-state index in [1.165, 1.54) is 12.1 Å². The maximum Gasteiger partial charge on any atom is 0.196 e. The van der Waals surface area contributed by atoms with Crippen molar-refractivity contribution in [3.63, 3.8) is 0 Å². The Bertz CT molecular complexity index is 662. The molecule has 0 aliphatic rings. The highest BCUT2D eigenvalue weighted by Gasteiger charge is 2.17. The number of ketones is 1. The molecule has 0 aromatic heterocycles. The molecule has 0 N–H and O–H groups in total. The average Bonchev–Trinajstić information content (AvgIpc) is 2.36. The van der Waals surface area contributed by atoms with Crippen molar-refractivity contribution in [3.05, 3.63) is 68.4 Å². The SMILES string of the molecule is Cc1cc(C)c(C(=O)c2cc(Br)ccc2F)cc1C. The van der Waals surface area contributed by atoms with Crippen LogP contribution < -0.4 is 0 Å². The highest BCUT2D eigenvalue weighted by atomic mass is 79.9. The van der Waals surface area contributed by atoms with E-state index in [0.717, 1.165) is 16.7 Å². The van der Waals surface area contributed by atoms with Crippen LogP contribution >= 0.6 is 15.9 Å². The van der Waals surface area contributed by atoms with Crippen LogP contribution in [0.1, 0.15) is 32.6 Å². The van der Waals surface area contributed by atoms with Crippen LogP contribution in [0.3, 0.4) is 0 Å². The zero-order valence-corrected chi connectivity index (χ0v) is 12.6. The molecule has 3 heteroatoms. The Hall–Kier alpha value is -1.48. The monoisotopic (exact) mass is 320 g/mol. The van der Waals surface area contributed by atoms with Crippen molar-refractivity contribution in [2.45, 2.75) is 20.8 Å². The number of carbonyl (C=O) groups excluding carboxylic acids is 1. The lowest BCUT2D eigenvalue weighted by atomic mass is 9.94. The maximum atomic E-state index is 13.8. The van der Waals surface area contributed by atoms with Gasteiger partial charge in [-0.3, -0.25) is 4.79 Å². The smallest absolute Gasteiger partial charge is 0.196 e. The fourth-order valence-electron chi connectivity index (χ4n) is 2.02. The molecular weight excluding hydrogens is 307 g/mol. The fraction of sp³-hybridized carbons (Fsp3) is 0.188. The third-order valence-corrected chi connectivity index (χ3v) is 3.75. The Morgan fingerprint density at radius 3 is 2.26 bits per heavy atom. The van der Waals surface area contributed by atoms with Crippen molar-refractivity contribution >= 4 is 21.7 Å². The van der Waals surface area contributed by atoms with Crippen LogP contribution in [0.2, 0.25) is 0 Å². The fourth-order valence-corrected chi connectivity index (χ4v) is 2.38. The molecule has 2 aromatic carbocycles. The molecule has 0 atom stereocenters. The van der Waals surface area contributed by atoms with E-state index in [-0.39, 0.29) is 11.3 Å². The standard InChI is InChI=1S/C16H14BrFO/c1-9-6-11(3)13(7-10(9)2)16(19)14-8-12(17)4-5-15(14)18/h4-8H,1-3H3. The van der Waals surface area contributed by atoms with E-state index in [9.17, 15) is 9.18 Å². The number of benzene rings is 2. The van der Waals surface area contributed by atoms with E-state index in [1.54, 1.807) is 6.07 Å². The van der Waals surface area contributed by atoms with Crippen LogP contribution in [0.15, 0.2) is 34.8 Å². The van der Waals surface area contributed by atoms with Gasteiger partial charge >= 0.3 is 0 Å². The molecular formula is C16H14BrFO. The van der Waals surface area contributed by atoms with Crippen molar-refractivity contribution in [1.29, 1.82) is 0 Å². The molecule has 0 radical (unpaired) electrons. The summed E-state index contributed by atoms with van der Waals surface area (Å²) in [5.41, 5.74) is 3.68. The first kappa shape index (κ1) is 13.9. The summed E-state index contributed by atoms with van der Waals surface area (Å²) in [6.45, 7) is 5.81. The molecule has 0 saturated carbocycles. The number of rotatable bonds is 2. The Balaban J connectivity index is 2.56. The van der Waals surface area contributed by atoms with Gasteiger partial charge in [0.15, 0.2) is 5.78 Å². The minimum atomic E-state index is -0.495. The second-order valence-electron chi connectivity index (χ2n) is 4.70. The third-order valence-electron chi connectivity index (χ3n) is 3.26. The number of halogens is 2. The van der Waals surface area contributed by atoms with Crippen LogP contribution in [0.5, 0.6) is 0 Å². The average molecular weight is 321 g/mol. The zero-order valence-electron chi connectivity index (χ0n) is 11.1. The summed E-state index contributed by atoms with van der Waals surface area (Å²) >= 11 is 3.26. The molecule has 19 heavy (non-hydrogen) atoms. The van der Waals surface area contributed by atoms with Gasteiger partial charge in [-0.1, -0.05) is 22.0 Å². The molecule has 2 aromatic rings. The van der Waals surface area contributed by atoms with Gasteiger partial charge in [0.25, 0.3) is 0 Å². The Morgan fingerprint density at radius 2 is 1.58 bits per heavy atom. The second kappa shape index (κ2) is 5.25. The Kier molecular flexibility index (Phi) is 3.85. The summed E-state index contributed by atoms with van der Waals surface area (Å²) < 4.78 is 14.5. The van der Waals surface area contributed by atoms with Gasteiger partial charge in [-0.25, -0.2) is 4.39 Å². The minimum absolute atomic E-state index is 0.0979. The first-order valence-electron chi connectivity index (χ1n) is 5.97. The molecule has 0 heterocycles. The molecule has 1 nitrogen and oxygen atoms in total. The molecule has 0 aliphatic carbocycles. The summed E-state index contributed by atoms with van der Waals surface area (Å²) in [7, 11) is 0. The van der Waals surface area contributed by atoms with Gasteiger partial charge in [-0.2, -0.15) is 0 Å². The van der Waals surface area contributed by atoms with Crippen molar-refractivity contribution in [2.75, 3.05) is 0 Å². The molecule has 0 saturated heterocycles.